The Labute approximate surface area is 121 Å². The van der Waals surface area contributed by atoms with Crippen molar-refractivity contribution in [2.24, 2.45) is 7.05 Å². The molecular weight excluding hydrogens is 272 g/mol. The van der Waals surface area contributed by atoms with Gasteiger partial charge in [-0.2, -0.15) is 5.10 Å². The summed E-state index contributed by atoms with van der Waals surface area (Å²) in [5.74, 6) is 0.00883. The highest BCUT2D eigenvalue weighted by atomic mass is 16.5. The van der Waals surface area contributed by atoms with Crippen molar-refractivity contribution in [1.29, 1.82) is 0 Å². The normalized spacial score (nSPS) is 24.5. The molecule has 1 amide bonds. The number of amides is 1. The number of likely N-dealkylation sites (tertiary alicyclic amines) is 1. The van der Waals surface area contributed by atoms with E-state index in [2.05, 4.69) is 15.4 Å². The molecule has 0 bridgehead atoms. The minimum atomic E-state index is -0.0198. The van der Waals surface area contributed by atoms with Crippen LogP contribution in [0.2, 0.25) is 0 Å². The van der Waals surface area contributed by atoms with Crippen LogP contribution in [0.4, 0.5) is 0 Å². The molecule has 8 heteroatoms. The summed E-state index contributed by atoms with van der Waals surface area (Å²) in [6, 6.07) is 0.175. The number of carbonyl (C=O) groups is 1. The van der Waals surface area contributed by atoms with Gasteiger partial charge in [0, 0.05) is 26.3 Å². The summed E-state index contributed by atoms with van der Waals surface area (Å²) in [7, 11) is 1.81. The van der Waals surface area contributed by atoms with E-state index in [1.165, 1.54) is 0 Å². The van der Waals surface area contributed by atoms with E-state index >= 15 is 0 Å². The molecule has 2 atom stereocenters. The minimum Gasteiger partial charge on any atom is -0.368 e. The largest absolute Gasteiger partial charge is 0.368 e. The number of aromatic nitrogens is 5. The lowest BCUT2D eigenvalue weighted by Gasteiger charge is -2.40. The van der Waals surface area contributed by atoms with E-state index < -0.39 is 0 Å². The smallest absolute Gasteiger partial charge is 0.257 e. The van der Waals surface area contributed by atoms with Gasteiger partial charge in [0.05, 0.1) is 42.4 Å². The Morgan fingerprint density at radius 3 is 3.14 bits per heavy atom. The number of aryl methyl sites for hydroxylation is 1. The second-order valence-electron chi connectivity index (χ2n) is 5.53. The first kappa shape index (κ1) is 12.5. The standard InChI is InChI=1S/C13H16N6O2/c1-17-6-9(4-15-17)13(20)18-3-2-11-12(7-18)21-8-10-5-14-16-19(10)11/h4-6,11-12H,2-3,7-8H2,1H3/t11-,12-/m0/s1. The van der Waals surface area contributed by atoms with Crippen molar-refractivity contribution in [2.75, 3.05) is 13.1 Å². The highest BCUT2D eigenvalue weighted by Gasteiger charge is 2.38. The second kappa shape index (κ2) is 4.66. The summed E-state index contributed by atoms with van der Waals surface area (Å²) in [5.41, 5.74) is 1.62. The first-order valence-electron chi connectivity index (χ1n) is 7.01. The molecule has 4 heterocycles. The third-order valence-corrected chi connectivity index (χ3v) is 4.17. The number of piperidine rings is 1. The molecule has 0 radical (unpaired) electrons. The zero-order valence-corrected chi connectivity index (χ0v) is 11.7. The maximum atomic E-state index is 12.5. The van der Waals surface area contributed by atoms with Gasteiger partial charge in [-0.1, -0.05) is 5.21 Å². The van der Waals surface area contributed by atoms with Crippen molar-refractivity contribution >= 4 is 5.91 Å². The lowest BCUT2D eigenvalue weighted by Crippen LogP contribution is -2.50. The Bertz CT molecular complexity index is 678. The molecule has 2 aromatic heterocycles. The van der Waals surface area contributed by atoms with Crippen LogP contribution in [0.15, 0.2) is 18.6 Å². The van der Waals surface area contributed by atoms with Crippen molar-refractivity contribution in [3.05, 3.63) is 29.8 Å². The van der Waals surface area contributed by atoms with Crippen LogP contribution < -0.4 is 0 Å². The monoisotopic (exact) mass is 288 g/mol. The molecule has 0 aliphatic carbocycles. The molecule has 110 valence electrons. The average Bonchev–Trinajstić information content (AvgIpc) is 3.14. The van der Waals surface area contributed by atoms with E-state index in [-0.39, 0.29) is 18.1 Å². The summed E-state index contributed by atoms with van der Waals surface area (Å²) in [4.78, 5) is 14.3. The third kappa shape index (κ3) is 2.02. The molecule has 0 unspecified atom stereocenters. The van der Waals surface area contributed by atoms with Gasteiger partial charge < -0.3 is 9.64 Å². The summed E-state index contributed by atoms with van der Waals surface area (Å²) in [5, 5.41) is 12.1. The van der Waals surface area contributed by atoms with Crippen LogP contribution in [0.3, 0.4) is 0 Å². The lowest BCUT2D eigenvalue weighted by atomic mass is 9.99. The van der Waals surface area contributed by atoms with Crippen molar-refractivity contribution in [1.82, 2.24) is 29.7 Å². The summed E-state index contributed by atoms with van der Waals surface area (Å²) < 4.78 is 9.45. The van der Waals surface area contributed by atoms with Gasteiger partial charge in [-0.15, -0.1) is 5.10 Å². The van der Waals surface area contributed by atoms with Crippen LogP contribution in [0.5, 0.6) is 0 Å². The van der Waals surface area contributed by atoms with Crippen LogP contribution in [0, 0.1) is 0 Å². The molecule has 21 heavy (non-hydrogen) atoms. The second-order valence-corrected chi connectivity index (χ2v) is 5.53. The number of hydrogen-bond acceptors (Lipinski definition) is 5. The first-order chi connectivity index (χ1) is 10.2. The molecule has 8 nitrogen and oxygen atoms in total. The number of ether oxygens (including phenoxy) is 1. The van der Waals surface area contributed by atoms with E-state index in [9.17, 15) is 4.79 Å². The fourth-order valence-electron chi connectivity index (χ4n) is 3.09. The van der Waals surface area contributed by atoms with Gasteiger partial charge in [0.2, 0.25) is 0 Å². The molecule has 2 aliphatic heterocycles. The highest BCUT2D eigenvalue weighted by Crippen LogP contribution is 2.30. The fraction of sp³-hybridized carbons (Fsp3) is 0.538. The van der Waals surface area contributed by atoms with Crippen LogP contribution in [-0.4, -0.2) is 54.8 Å². The zero-order chi connectivity index (χ0) is 14.4. The number of carbonyl (C=O) groups excluding carboxylic acids is 1. The van der Waals surface area contributed by atoms with Crippen molar-refractivity contribution < 1.29 is 9.53 Å². The molecule has 0 saturated carbocycles. The van der Waals surface area contributed by atoms with Gasteiger partial charge in [0.25, 0.3) is 5.91 Å². The quantitative estimate of drug-likeness (QED) is 0.738. The third-order valence-electron chi connectivity index (χ3n) is 4.17. The maximum absolute atomic E-state index is 12.5. The number of fused-ring (bicyclic) bond motifs is 3. The van der Waals surface area contributed by atoms with Gasteiger partial charge in [0.15, 0.2) is 0 Å². The van der Waals surface area contributed by atoms with Gasteiger partial charge in [-0.3, -0.25) is 9.48 Å². The SMILES string of the molecule is Cn1cc(C(=O)N2CC[C@H]3[C@H](C2)OCc2cnnn23)cn1. The molecule has 0 N–H and O–H groups in total. The molecule has 1 saturated heterocycles. The molecule has 1 fully saturated rings. The first-order valence-corrected chi connectivity index (χ1v) is 7.01. The maximum Gasteiger partial charge on any atom is 0.257 e. The topological polar surface area (TPSA) is 78.1 Å². The Hall–Kier alpha value is -2.22. The Kier molecular flexibility index (Phi) is 2.78. The molecule has 4 rings (SSSR count). The highest BCUT2D eigenvalue weighted by molar-refractivity contribution is 5.93. The summed E-state index contributed by atoms with van der Waals surface area (Å²) in [6.07, 6.45) is 5.89. The van der Waals surface area contributed by atoms with Gasteiger partial charge >= 0.3 is 0 Å². The Balaban J connectivity index is 1.52. The predicted molar refractivity (Wildman–Crippen MR) is 71.4 cm³/mol. The molecule has 0 aromatic carbocycles. The van der Waals surface area contributed by atoms with Crippen LogP contribution >= 0.6 is 0 Å². The van der Waals surface area contributed by atoms with Crippen LogP contribution in [0.25, 0.3) is 0 Å². The summed E-state index contributed by atoms with van der Waals surface area (Å²) >= 11 is 0. The van der Waals surface area contributed by atoms with Crippen molar-refractivity contribution in [3.63, 3.8) is 0 Å². The van der Waals surface area contributed by atoms with E-state index in [1.54, 1.807) is 30.3 Å². The summed E-state index contributed by atoms with van der Waals surface area (Å²) in [6.45, 7) is 1.78. The Morgan fingerprint density at radius 1 is 1.43 bits per heavy atom. The molecule has 2 aliphatic rings. The van der Waals surface area contributed by atoms with Crippen molar-refractivity contribution in [3.8, 4) is 0 Å². The minimum absolute atomic E-state index is 0.00883. The number of hydrogen-bond donors (Lipinski definition) is 0. The number of nitrogens with zero attached hydrogens (tertiary/aromatic N) is 6. The van der Waals surface area contributed by atoms with Crippen LogP contribution in [-0.2, 0) is 18.4 Å². The lowest BCUT2D eigenvalue weighted by molar-refractivity contribution is -0.0627. The molecule has 2 aromatic rings. The van der Waals surface area contributed by atoms with E-state index in [1.807, 2.05) is 9.58 Å². The van der Waals surface area contributed by atoms with E-state index in [0.717, 1.165) is 12.1 Å². The average molecular weight is 288 g/mol. The van der Waals surface area contributed by atoms with Gasteiger partial charge in [-0.05, 0) is 6.42 Å². The van der Waals surface area contributed by atoms with E-state index in [0.29, 0.717) is 25.3 Å². The van der Waals surface area contributed by atoms with Crippen LogP contribution in [0.1, 0.15) is 28.5 Å². The van der Waals surface area contributed by atoms with Crippen molar-refractivity contribution in [2.45, 2.75) is 25.2 Å². The molecular formula is C13H16N6O2. The van der Waals surface area contributed by atoms with Gasteiger partial charge in [0.1, 0.15) is 0 Å². The Morgan fingerprint density at radius 2 is 2.33 bits per heavy atom. The van der Waals surface area contributed by atoms with Gasteiger partial charge in [-0.25, -0.2) is 4.68 Å². The number of rotatable bonds is 1. The van der Waals surface area contributed by atoms with E-state index in [4.69, 9.17) is 4.74 Å². The molecule has 0 spiro atoms. The zero-order valence-electron chi connectivity index (χ0n) is 11.7. The predicted octanol–water partition coefficient (Wildman–Crippen LogP) is -0.00240. The fourth-order valence-corrected chi connectivity index (χ4v) is 3.09.